The van der Waals surface area contributed by atoms with Crippen LogP contribution in [0, 0.1) is 0 Å². The van der Waals surface area contributed by atoms with E-state index in [1.165, 1.54) is 5.56 Å². The van der Waals surface area contributed by atoms with E-state index in [0.717, 1.165) is 38.2 Å². The second-order valence-electron chi connectivity index (χ2n) is 5.09. The molecule has 2 aromatic rings. The molecule has 0 saturated heterocycles. The van der Waals surface area contributed by atoms with E-state index in [1.54, 1.807) is 0 Å². The Morgan fingerprint density at radius 1 is 1.20 bits per heavy atom. The number of aromatic nitrogens is 1. The third kappa shape index (κ3) is 4.42. The minimum absolute atomic E-state index is 0.168. The van der Waals surface area contributed by atoms with Crippen molar-refractivity contribution in [2.45, 2.75) is 38.8 Å². The Bertz CT molecular complexity index is 493. The fraction of sp³-hybridized carbons (Fsp3) is 0.412. The van der Waals surface area contributed by atoms with Gasteiger partial charge in [-0.25, -0.2) is 0 Å². The molecule has 1 aromatic carbocycles. The topological polar surface area (TPSA) is 40.2 Å². The quantitative estimate of drug-likeness (QED) is 0.743. The number of hydrogen-bond donors (Lipinski definition) is 1. The zero-order valence-corrected chi connectivity index (χ0v) is 12.2. The fourth-order valence-electron chi connectivity index (χ4n) is 2.25. The van der Waals surface area contributed by atoms with E-state index in [-0.39, 0.29) is 6.04 Å². The van der Waals surface area contributed by atoms with Gasteiger partial charge in [0.25, 0.3) is 0 Å². The molecule has 20 heavy (non-hydrogen) atoms. The summed E-state index contributed by atoms with van der Waals surface area (Å²) in [4.78, 5) is 0. The molecule has 1 unspecified atom stereocenters. The summed E-state index contributed by atoms with van der Waals surface area (Å²) in [5.41, 5.74) is 7.34. The monoisotopic (exact) mass is 272 g/mol. The van der Waals surface area contributed by atoms with Crippen molar-refractivity contribution in [3.63, 3.8) is 0 Å². The van der Waals surface area contributed by atoms with E-state index in [9.17, 15) is 0 Å². The largest absolute Gasteiger partial charge is 0.494 e. The molecule has 2 N–H and O–H groups in total. The Kier molecular flexibility index (Phi) is 5.69. The summed E-state index contributed by atoms with van der Waals surface area (Å²) in [6.45, 7) is 3.86. The lowest BCUT2D eigenvalue weighted by atomic mass is 10.1. The maximum atomic E-state index is 6.11. The van der Waals surface area contributed by atoms with Crippen LogP contribution in [0.5, 0.6) is 5.75 Å². The van der Waals surface area contributed by atoms with Crippen LogP contribution < -0.4 is 10.5 Å². The highest BCUT2D eigenvalue weighted by molar-refractivity contribution is 5.20. The maximum Gasteiger partial charge on any atom is 0.119 e. The Hall–Kier alpha value is -1.74. The van der Waals surface area contributed by atoms with Crippen molar-refractivity contribution in [1.29, 1.82) is 0 Å². The van der Waals surface area contributed by atoms with Gasteiger partial charge >= 0.3 is 0 Å². The lowest BCUT2D eigenvalue weighted by molar-refractivity contribution is 0.302. The van der Waals surface area contributed by atoms with Crippen LogP contribution in [0.15, 0.2) is 48.8 Å². The van der Waals surface area contributed by atoms with Gasteiger partial charge in [0.1, 0.15) is 5.75 Å². The summed E-state index contributed by atoms with van der Waals surface area (Å²) >= 11 is 0. The summed E-state index contributed by atoms with van der Waals surface area (Å²) in [5.74, 6) is 0.936. The van der Waals surface area contributed by atoms with Crippen LogP contribution >= 0.6 is 0 Å². The number of nitrogens with zero attached hydrogens (tertiary/aromatic N) is 1. The maximum absolute atomic E-state index is 6.11. The van der Waals surface area contributed by atoms with Crippen molar-refractivity contribution >= 4 is 0 Å². The zero-order valence-electron chi connectivity index (χ0n) is 12.2. The van der Waals surface area contributed by atoms with E-state index in [1.807, 2.05) is 30.3 Å². The van der Waals surface area contributed by atoms with Crippen molar-refractivity contribution < 1.29 is 4.74 Å². The molecule has 0 saturated carbocycles. The molecule has 1 aromatic heterocycles. The van der Waals surface area contributed by atoms with E-state index in [4.69, 9.17) is 10.5 Å². The highest BCUT2D eigenvalue weighted by atomic mass is 16.5. The Balaban J connectivity index is 1.72. The molecule has 1 atom stereocenters. The molecule has 0 amide bonds. The van der Waals surface area contributed by atoms with Gasteiger partial charge in [0.05, 0.1) is 6.61 Å². The minimum Gasteiger partial charge on any atom is -0.494 e. The van der Waals surface area contributed by atoms with Crippen LogP contribution in [0.4, 0.5) is 0 Å². The van der Waals surface area contributed by atoms with E-state index in [0.29, 0.717) is 0 Å². The van der Waals surface area contributed by atoms with E-state index < -0.39 is 0 Å². The van der Waals surface area contributed by atoms with Crippen molar-refractivity contribution in [2.24, 2.45) is 5.73 Å². The Morgan fingerprint density at radius 2 is 2.00 bits per heavy atom. The molecule has 108 valence electrons. The molecule has 0 aliphatic rings. The molecule has 0 bridgehead atoms. The molecule has 0 fully saturated rings. The third-order valence-electron chi connectivity index (χ3n) is 3.37. The van der Waals surface area contributed by atoms with E-state index >= 15 is 0 Å². The van der Waals surface area contributed by atoms with Crippen LogP contribution in [0.1, 0.15) is 37.8 Å². The standard InChI is InChI=1S/C17H24N2O/c1-2-7-17(18)15-10-12-19(14-15)11-6-13-20-16-8-4-3-5-9-16/h3-5,8-10,12,14,17H,2,6-7,11,13,18H2,1H3. The van der Waals surface area contributed by atoms with Crippen molar-refractivity contribution in [1.82, 2.24) is 4.57 Å². The third-order valence-corrected chi connectivity index (χ3v) is 3.37. The number of ether oxygens (including phenoxy) is 1. The van der Waals surface area contributed by atoms with Gasteiger partial charge in [0, 0.05) is 25.0 Å². The molecule has 2 rings (SSSR count). The first-order valence-corrected chi connectivity index (χ1v) is 7.38. The lowest BCUT2D eigenvalue weighted by Crippen LogP contribution is -2.09. The average Bonchev–Trinajstić information content (AvgIpc) is 2.94. The fourth-order valence-corrected chi connectivity index (χ4v) is 2.25. The van der Waals surface area contributed by atoms with Gasteiger partial charge in [-0.3, -0.25) is 0 Å². The minimum atomic E-state index is 0.168. The van der Waals surface area contributed by atoms with Gasteiger partial charge in [0.2, 0.25) is 0 Å². The molecule has 1 heterocycles. The smallest absolute Gasteiger partial charge is 0.119 e. The number of benzene rings is 1. The molecule has 3 nitrogen and oxygen atoms in total. The highest BCUT2D eigenvalue weighted by Gasteiger charge is 2.06. The van der Waals surface area contributed by atoms with Gasteiger partial charge < -0.3 is 15.0 Å². The Morgan fingerprint density at radius 3 is 2.75 bits per heavy atom. The number of para-hydroxylation sites is 1. The summed E-state index contributed by atoms with van der Waals surface area (Å²) in [7, 11) is 0. The number of hydrogen-bond acceptors (Lipinski definition) is 2. The normalized spacial score (nSPS) is 12.3. The van der Waals surface area contributed by atoms with Gasteiger partial charge in [0.15, 0.2) is 0 Å². The predicted molar refractivity (Wildman–Crippen MR) is 82.8 cm³/mol. The number of aryl methyl sites for hydroxylation is 1. The number of rotatable bonds is 8. The molecule has 3 heteroatoms. The molecule has 0 spiro atoms. The summed E-state index contributed by atoms with van der Waals surface area (Å²) in [6.07, 6.45) is 7.42. The first-order valence-electron chi connectivity index (χ1n) is 7.38. The van der Waals surface area contributed by atoms with Crippen LogP contribution in [-0.2, 0) is 6.54 Å². The van der Waals surface area contributed by atoms with Crippen molar-refractivity contribution in [3.05, 3.63) is 54.4 Å². The first-order chi connectivity index (χ1) is 9.79. The molecule has 0 aliphatic carbocycles. The Labute approximate surface area is 121 Å². The summed E-state index contributed by atoms with van der Waals surface area (Å²) in [5, 5.41) is 0. The van der Waals surface area contributed by atoms with Gasteiger partial charge in [-0.1, -0.05) is 31.5 Å². The van der Waals surface area contributed by atoms with Crippen LogP contribution in [0.25, 0.3) is 0 Å². The van der Waals surface area contributed by atoms with Crippen LogP contribution in [-0.4, -0.2) is 11.2 Å². The predicted octanol–water partition coefficient (Wildman–Crippen LogP) is 3.76. The van der Waals surface area contributed by atoms with Gasteiger partial charge in [-0.15, -0.1) is 0 Å². The number of nitrogens with two attached hydrogens (primary N) is 1. The zero-order chi connectivity index (χ0) is 14.2. The average molecular weight is 272 g/mol. The van der Waals surface area contributed by atoms with Gasteiger partial charge in [-0.05, 0) is 36.6 Å². The molecule has 0 aliphatic heterocycles. The van der Waals surface area contributed by atoms with Crippen molar-refractivity contribution in [2.75, 3.05) is 6.61 Å². The summed E-state index contributed by atoms with van der Waals surface area (Å²) in [6, 6.07) is 12.2. The van der Waals surface area contributed by atoms with Crippen LogP contribution in [0.2, 0.25) is 0 Å². The molecular weight excluding hydrogens is 248 g/mol. The van der Waals surface area contributed by atoms with Crippen molar-refractivity contribution in [3.8, 4) is 5.75 Å². The first kappa shape index (κ1) is 14.7. The van der Waals surface area contributed by atoms with Crippen LogP contribution in [0.3, 0.4) is 0 Å². The van der Waals surface area contributed by atoms with E-state index in [2.05, 4.69) is 30.0 Å². The molecule has 0 radical (unpaired) electrons. The second-order valence-corrected chi connectivity index (χ2v) is 5.09. The highest BCUT2D eigenvalue weighted by Crippen LogP contribution is 2.16. The second kappa shape index (κ2) is 7.75. The van der Waals surface area contributed by atoms with Gasteiger partial charge in [-0.2, -0.15) is 0 Å². The SMILES string of the molecule is CCCC(N)c1ccn(CCCOc2ccccc2)c1. The molecular formula is C17H24N2O. The lowest BCUT2D eigenvalue weighted by Gasteiger charge is -2.08. The summed E-state index contributed by atoms with van der Waals surface area (Å²) < 4.78 is 7.88.